The molecule has 0 radical (unpaired) electrons. The zero-order chi connectivity index (χ0) is 11.5. The average Bonchev–Trinajstić information content (AvgIpc) is 2.74. The van der Waals surface area contributed by atoms with Gasteiger partial charge in [-0.2, -0.15) is 5.10 Å². The van der Waals surface area contributed by atoms with Crippen LogP contribution in [-0.2, 0) is 0 Å². The number of nitrogens with zero attached hydrogens (tertiary/aromatic N) is 1. The maximum atomic E-state index is 11.7. The van der Waals surface area contributed by atoms with Gasteiger partial charge in [0.15, 0.2) is 0 Å². The number of anilines is 1. The summed E-state index contributed by atoms with van der Waals surface area (Å²) in [6.07, 6.45) is 1.52. The first-order valence-corrected chi connectivity index (χ1v) is 5.25. The largest absolute Gasteiger partial charge is 0.507 e. The Morgan fingerprint density at radius 3 is 2.94 bits per heavy atom. The van der Waals surface area contributed by atoms with Crippen LogP contribution in [0.2, 0.25) is 0 Å². The van der Waals surface area contributed by atoms with E-state index in [0.717, 1.165) is 4.47 Å². The average molecular weight is 282 g/mol. The van der Waals surface area contributed by atoms with Crippen LogP contribution in [0.5, 0.6) is 5.75 Å². The van der Waals surface area contributed by atoms with Gasteiger partial charge < -0.3 is 10.4 Å². The van der Waals surface area contributed by atoms with Gasteiger partial charge >= 0.3 is 0 Å². The molecule has 2 rings (SSSR count). The molecule has 0 aliphatic heterocycles. The lowest BCUT2D eigenvalue weighted by Gasteiger charge is -2.05. The van der Waals surface area contributed by atoms with E-state index in [-0.39, 0.29) is 11.3 Å². The molecule has 1 amide bonds. The molecule has 1 aromatic heterocycles. The molecule has 6 heteroatoms. The Kier molecular flexibility index (Phi) is 2.91. The van der Waals surface area contributed by atoms with Crippen molar-refractivity contribution >= 4 is 27.7 Å². The number of nitrogens with one attached hydrogen (secondary N) is 2. The highest BCUT2D eigenvalue weighted by molar-refractivity contribution is 9.10. The summed E-state index contributed by atoms with van der Waals surface area (Å²) in [7, 11) is 0. The quantitative estimate of drug-likeness (QED) is 0.789. The number of phenols is 1. The molecule has 0 aliphatic carbocycles. The number of hydrogen-bond acceptors (Lipinski definition) is 3. The predicted octanol–water partition coefficient (Wildman–Crippen LogP) is 2.13. The van der Waals surface area contributed by atoms with Crippen molar-refractivity contribution in [3.8, 4) is 5.75 Å². The van der Waals surface area contributed by atoms with Crippen LogP contribution >= 0.6 is 15.9 Å². The minimum absolute atomic E-state index is 0.0692. The molecule has 0 saturated heterocycles. The molecule has 0 atom stereocenters. The van der Waals surface area contributed by atoms with E-state index in [1.54, 1.807) is 18.2 Å². The second-order valence-corrected chi connectivity index (χ2v) is 4.00. The van der Waals surface area contributed by atoms with E-state index in [1.165, 1.54) is 12.3 Å². The predicted molar refractivity (Wildman–Crippen MR) is 62.3 cm³/mol. The molecule has 82 valence electrons. The summed E-state index contributed by atoms with van der Waals surface area (Å²) in [5.41, 5.74) is 0.198. The number of aromatic amines is 1. The molecular weight excluding hydrogens is 274 g/mol. The second kappa shape index (κ2) is 4.36. The fraction of sp³-hybridized carbons (Fsp3) is 0. The smallest absolute Gasteiger partial charge is 0.260 e. The number of carbonyl (C=O) groups excluding carboxylic acids is 1. The Labute approximate surface area is 99.6 Å². The van der Waals surface area contributed by atoms with Crippen molar-refractivity contribution in [2.45, 2.75) is 0 Å². The SMILES string of the molecule is O=C(Nc1ccn[nH]1)c1cc(Br)ccc1O. The Hall–Kier alpha value is -1.82. The van der Waals surface area contributed by atoms with Gasteiger partial charge in [0.2, 0.25) is 0 Å². The number of H-pyrrole nitrogens is 1. The van der Waals surface area contributed by atoms with Gasteiger partial charge in [0.25, 0.3) is 5.91 Å². The number of hydrogen-bond donors (Lipinski definition) is 3. The van der Waals surface area contributed by atoms with E-state index in [0.29, 0.717) is 5.82 Å². The molecule has 0 fully saturated rings. The van der Waals surface area contributed by atoms with E-state index in [2.05, 4.69) is 31.4 Å². The van der Waals surface area contributed by atoms with Crippen LogP contribution < -0.4 is 5.32 Å². The highest BCUT2D eigenvalue weighted by atomic mass is 79.9. The number of aromatic nitrogens is 2. The maximum Gasteiger partial charge on any atom is 0.260 e. The van der Waals surface area contributed by atoms with Gasteiger partial charge in [-0.15, -0.1) is 0 Å². The third-order valence-corrected chi connectivity index (χ3v) is 2.45. The zero-order valence-electron chi connectivity index (χ0n) is 8.07. The second-order valence-electron chi connectivity index (χ2n) is 3.09. The molecule has 0 aliphatic rings. The summed E-state index contributed by atoms with van der Waals surface area (Å²) in [6.45, 7) is 0. The molecule has 0 unspecified atom stereocenters. The summed E-state index contributed by atoms with van der Waals surface area (Å²) in [5.74, 6) is 0.00707. The third kappa shape index (κ3) is 2.22. The molecule has 0 spiro atoms. The molecule has 0 saturated carbocycles. The topological polar surface area (TPSA) is 78.0 Å². The number of amides is 1. The normalized spacial score (nSPS) is 10.1. The van der Waals surface area contributed by atoms with Gasteiger partial charge in [0, 0.05) is 10.5 Å². The fourth-order valence-corrected chi connectivity index (χ4v) is 1.57. The highest BCUT2D eigenvalue weighted by Crippen LogP contribution is 2.22. The lowest BCUT2D eigenvalue weighted by molar-refractivity contribution is 0.102. The van der Waals surface area contributed by atoms with Gasteiger partial charge in [0.05, 0.1) is 11.8 Å². The molecular formula is C10H8BrN3O2. The van der Waals surface area contributed by atoms with Gasteiger partial charge in [-0.05, 0) is 18.2 Å². The van der Waals surface area contributed by atoms with Crippen LogP contribution in [0, 0.1) is 0 Å². The summed E-state index contributed by atoms with van der Waals surface area (Å²) >= 11 is 3.23. The van der Waals surface area contributed by atoms with E-state index < -0.39 is 5.91 Å². The lowest BCUT2D eigenvalue weighted by Crippen LogP contribution is -2.12. The first-order chi connectivity index (χ1) is 7.66. The van der Waals surface area contributed by atoms with Crippen molar-refractivity contribution < 1.29 is 9.90 Å². The maximum absolute atomic E-state index is 11.7. The van der Waals surface area contributed by atoms with Crippen molar-refractivity contribution in [3.05, 3.63) is 40.5 Å². The zero-order valence-corrected chi connectivity index (χ0v) is 9.65. The van der Waals surface area contributed by atoms with Gasteiger partial charge in [0.1, 0.15) is 11.6 Å². The third-order valence-electron chi connectivity index (χ3n) is 1.95. The van der Waals surface area contributed by atoms with Crippen molar-refractivity contribution in [3.63, 3.8) is 0 Å². The Balaban J connectivity index is 2.24. The monoisotopic (exact) mass is 281 g/mol. The minimum Gasteiger partial charge on any atom is -0.507 e. The van der Waals surface area contributed by atoms with Crippen LogP contribution in [0.1, 0.15) is 10.4 Å². The van der Waals surface area contributed by atoms with E-state index in [4.69, 9.17) is 0 Å². The van der Waals surface area contributed by atoms with Crippen LogP contribution in [0.4, 0.5) is 5.82 Å². The highest BCUT2D eigenvalue weighted by Gasteiger charge is 2.12. The minimum atomic E-state index is -0.400. The Morgan fingerprint density at radius 2 is 2.25 bits per heavy atom. The van der Waals surface area contributed by atoms with Crippen LogP contribution in [0.25, 0.3) is 0 Å². The summed E-state index contributed by atoms with van der Waals surface area (Å²) in [4.78, 5) is 11.7. The molecule has 16 heavy (non-hydrogen) atoms. The summed E-state index contributed by atoms with van der Waals surface area (Å²) in [6, 6.07) is 6.27. The standard InChI is InChI=1S/C10H8BrN3O2/c11-6-1-2-8(15)7(5-6)10(16)13-9-3-4-12-14-9/h1-5,15H,(H2,12,13,14,16). The van der Waals surface area contributed by atoms with Crippen molar-refractivity contribution in [1.29, 1.82) is 0 Å². The first kappa shape index (κ1) is 10.7. The van der Waals surface area contributed by atoms with Crippen LogP contribution in [0.3, 0.4) is 0 Å². The van der Waals surface area contributed by atoms with Gasteiger partial charge in [-0.25, -0.2) is 0 Å². The molecule has 0 bridgehead atoms. The molecule has 1 aromatic carbocycles. The van der Waals surface area contributed by atoms with Crippen molar-refractivity contribution in [2.24, 2.45) is 0 Å². The van der Waals surface area contributed by atoms with Crippen LogP contribution in [0.15, 0.2) is 34.9 Å². The molecule has 2 aromatic rings. The van der Waals surface area contributed by atoms with E-state index >= 15 is 0 Å². The number of rotatable bonds is 2. The summed E-state index contributed by atoms with van der Waals surface area (Å²) in [5, 5.41) is 18.4. The fourth-order valence-electron chi connectivity index (χ4n) is 1.21. The number of carbonyl (C=O) groups is 1. The lowest BCUT2D eigenvalue weighted by atomic mass is 10.2. The Morgan fingerprint density at radius 1 is 1.44 bits per heavy atom. The van der Waals surface area contributed by atoms with Crippen molar-refractivity contribution in [1.82, 2.24) is 10.2 Å². The number of halogens is 1. The van der Waals surface area contributed by atoms with Crippen molar-refractivity contribution in [2.75, 3.05) is 5.32 Å². The molecule has 5 nitrogen and oxygen atoms in total. The number of benzene rings is 1. The van der Waals surface area contributed by atoms with Gasteiger partial charge in [-0.3, -0.25) is 9.89 Å². The van der Waals surface area contributed by atoms with Crippen LogP contribution in [-0.4, -0.2) is 21.2 Å². The van der Waals surface area contributed by atoms with E-state index in [1.807, 2.05) is 0 Å². The van der Waals surface area contributed by atoms with E-state index in [9.17, 15) is 9.90 Å². The summed E-state index contributed by atoms with van der Waals surface area (Å²) < 4.78 is 0.722. The molecule has 3 N–H and O–H groups in total. The Bertz CT molecular complexity index is 511. The van der Waals surface area contributed by atoms with Gasteiger partial charge in [-0.1, -0.05) is 15.9 Å². The molecule has 1 heterocycles. The first-order valence-electron chi connectivity index (χ1n) is 4.46. The number of phenolic OH excluding ortho intramolecular Hbond substituents is 1. The number of aromatic hydroxyl groups is 1.